The summed E-state index contributed by atoms with van der Waals surface area (Å²) >= 11 is 0. The predicted molar refractivity (Wildman–Crippen MR) is 263 cm³/mol. The van der Waals surface area contributed by atoms with Crippen LogP contribution in [0.5, 0.6) is 0 Å². The molecule has 1 aromatic heterocycles. The Morgan fingerprint density at radius 1 is 1.00 bits per heavy atom. The van der Waals surface area contributed by atoms with Crippen LogP contribution in [-0.2, 0) is 39.8 Å². The van der Waals surface area contributed by atoms with E-state index in [4.69, 9.17) is 28.4 Å². The van der Waals surface area contributed by atoms with Crippen LogP contribution in [0.2, 0.25) is 0 Å². The molecule has 5 rings (SSSR count). The van der Waals surface area contributed by atoms with Gasteiger partial charge in [0.2, 0.25) is 0 Å². The number of hydrogen-bond donors (Lipinski definition) is 7. The molecule has 0 saturated carbocycles. The fourth-order valence-corrected chi connectivity index (χ4v) is 10.8. The van der Waals surface area contributed by atoms with Crippen LogP contribution >= 0.6 is 0 Å². The summed E-state index contributed by atoms with van der Waals surface area (Å²) in [6.45, 7) is 19.0. The number of nitrogens with zero attached hydrogens (tertiary/aromatic N) is 4. The maximum Gasteiger partial charge on any atom is 0.324 e. The van der Waals surface area contributed by atoms with Gasteiger partial charge in [-0.25, -0.2) is 9.78 Å². The van der Waals surface area contributed by atoms with Gasteiger partial charge in [-0.1, -0.05) is 39.0 Å². The number of amides is 2. The number of aryl methyl sites for hydroxylation is 1. The normalized spacial score (nSPS) is 40.4. The van der Waals surface area contributed by atoms with Gasteiger partial charge in [-0.2, -0.15) is 0 Å². The lowest BCUT2D eigenvalue weighted by atomic mass is 9.75. The Bertz CT molecular complexity index is 1930. The lowest BCUT2D eigenvalue weighted by molar-refractivity contribution is -0.336. The Morgan fingerprint density at radius 2 is 1.69 bits per heavy atom. The summed E-state index contributed by atoms with van der Waals surface area (Å²) in [4.78, 5) is 35.6. The highest BCUT2D eigenvalue weighted by atomic mass is 16.7. The monoisotopic (exact) mass is 991 g/mol. The molecule has 19 nitrogen and oxygen atoms in total. The molecule has 0 spiro atoms. The number of aliphatic hydroxyl groups is 5. The second-order valence-corrected chi connectivity index (χ2v) is 21.2. The van der Waals surface area contributed by atoms with Gasteiger partial charge in [-0.05, 0) is 105 Å². The zero-order chi connectivity index (χ0) is 51.9. The largest absolute Gasteiger partial charge is 0.459 e. The van der Waals surface area contributed by atoms with E-state index in [-0.39, 0.29) is 44.2 Å². The number of carbonyl (C=O) groups excluding carboxylic acids is 2. The van der Waals surface area contributed by atoms with Crippen molar-refractivity contribution >= 4 is 17.7 Å². The van der Waals surface area contributed by atoms with Crippen molar-refractivity contribution < 1.29 is 63.5 Å². The summed E-state index contributed by atoms with van der Waals surface area (Å²) in [5.74, 6) is -3.02. The molecule has 3 aliphatic heterocycles. The first-order valence-electron chi connectivity index (χ1n) is 25.2. The number of anilines is 1. The van der Waals surface area contributed by atoms with E-state index in [1.54, 1.807) is 75.1 Å². The van der Waals surface area contributed by atoms with Crippen LogP contribution in [0.15, 0.2) is 49.1 Å². The SMILES string of the molecule is CC[C@H]1OC(=O)[C@H](C)[C@@H](O[C@H]2C[C@@](C)(OC)[C@](O)(CNCCCn3ccnc3)[C@H](C)O2)[C@H](C)[C@@H](O[C@@H]2O[C@H](C)C[C@H](N(C)C(=O)N(C)c3ccccc3)[C@H]2O)[C@](C)(O)C[C@@H](C)CN[C@H](C)[C@@H](O)[C@]1(C)O. The minimum atomic E-state index is -1.87. The molecule has 7 N–H and O–H groups in total. The third kappa shape index (κ3) is 13.1. The van der Waals surface area contributed by atoms with Gasteiger partial charge in [-0.3, -0.25) is 9.69 Å². The van der Waals surface area contributed by atoms with Gasteiger partial charge in [-0.15, -0.1) is 0 Å². The van der Waals surface area contributed by atoms with Crippen LogP contribution in [0.3, 0.4) is 0 Å². The first-order valence-corrected chi connectivity index (χ1v) is 25.2. The topological polar surface area (TPSA) is 239 Å². The number of cyclic esters (lactones) is 1. The maximum atomic E-state index is 14.6. The number of benzene rings is 1. The van der Waals surface area contributed by atoms with Gasteiger partial charge in [0.05, 0.1) is 48.3 Å². The molecule has 0 unspecified atom stereocenters. The van der Waals surface area contributed by atoms with Crippen LogP contribution in [-0.4, -0.2) is 183 Å². The van der Waals surface area contributed by atoms with Crippen molar-refractivity contribution in [2.45, 2.75) is 198 Å². The summed E-state index contributed by atoms with van der Waals surface area (Å²) in [6, 6.07) is 7.39. The van der Waals surface area contributed by atoms with Crippen LogP contribution in [0.1, 0.15) is 101 Å². The number of aromatic nitrogens is 2. The number of likely N-dealkylation sites (N-methyl/N-ethyl adjacent to an activating group) is 1. The van der Waals surface area contributed by atoms with Crippen molar-refractivity contribution in [2.75, 3.05) is 45.7 Å². The molecule has 1 aromatic carbocycles. The van der Waals surface area contributed by atoms with Crippen LogP contribution < -0.4 is 15.5 Å². The summed E-state index contributed by atoms with van der Waals surface area (Å²) in [6.07, 6.45) is -3.27. The van der Waals surface area contributed by atoms with E-state index in [1.165, 1.54) is 23.8 Å². The molecule has 70 heavy (non-hydrogen) atoms. The highest BCUT2D eigenvalue weighted by molar-refractivity contribution is 5.91. The lowest BCUT2D eigenvalue weighted by Crippen LogP contribution is -2.70. The van der Waals surface area contributed by atoms with E-state index >= 15 is 0 Å². The van der Waals surface area contributed by atoms with Gasteiger partial charge in [0.1, 0.15) is 35.1 Å². The number of esters is 1. The first-order chi connectivity index (χ1) is 32.8. The van der Waals surface area contributed by atoms with Gasteiger partial charge in [0.15, 0.2) is 12.6 Å². The highest BCUT2D eigenvalue weighted by Crippen LogP contribution is 2.43. The first kappa shape index (κ1) is 57.6. The fraction of sp³-hybridized carbons (Fsp3) is 0.784. The molecule has 3 aliphatic rings. The van der Waals surface area contributed by atoms with Gasteiger partial charge in [0.25, 0.3) is 0 Å². The summed E-state index contributed by atoms with van der Waals surface area (Å²) < 4.78 is 40.9. The molecule has 2 aromatic rings. The van der Waals surface area contributed by atoms with Crippen LogP contribution in [0, 0.1) is 17.8 Å². The van der Waals surface area contributed by atoms with E-state index in [0.29, 0.717) is 18.8 Å². The predicted octanol–water partition coefficient (Wildman–Crippen LogP) is 3.43. The van der Waals surface area contributed by atoms with Crippen molar-refractivity contribution in [2.24, 2.45) is 17.8 Å². The van der Waals surface area contributed by atoms with Crippen molar-refractivity contribution in [1.82, 2.24) is 25.1 Å². The third-order valence-corrected chi connectivity index (χ3v) is 15.5. The zero-order valence-corrected chi connectivity index (χ0v) is 43.9. The Balaban J connectivity index is 1.50. The molecule has 3 fully saturated rings. The minimum absolute atomic E-state index is 0.0223. The van der Waals surface area contributed by atoms with Crippen molar-refractivity contribution in [3.8, 4) is 0 Å². The van der Waals surface area contributed by atoms with Gasteiger partial charge in [0, 0.05) is 70.8 Å². The van der Waals surface area contributed by atoms with E-state index in [9.17, 15) is 35.1 Å². The number of hydrogen-bond acceptors (Lipinski definition) is 16. The Kier molecular flexibility index (Phi) is 19.9. The number of urea groups is 1. The molecular weight excluding hydrogens is 905 g/mol. The lowest BCUT2D eigenvalue weighted by Gasteiger charge is -2.53. The Morgan fingerprint density at radius 3 is 2.31 bits per heavy atom. The highest BCUT2D eigenvalue weighted by Gasteiger charge is 2.58. The molecule has 0 bridgehead atoms. The number of ether oxygens (including phenoxy) is 6. The number of rotatable bonds is 14. The molecule has 2 amide bonds. The molecule has 18 atom stereocenters. The smallest absolute Gasteiger partial charge is 0.324 e. The summed E-state index contributed by atoms with van der Waals surface area (Å²) in [5, 5.41) is 67.4. The Hall–Kier alpha value is -3.31. The minimum Gasteiger partial charge on any atom is -0.459 e. The van der Waals surface area contributed by atoms with E-state index < -0.39 is 108 Å². The van der Waals surface area contributed by atoms with Gasteiger partial charge < -0.3 is 74.1 Å². The number of carbonyl (C=O) groups is 2. The van der Waals surface area contributed by atoms with Gasteiger partial charge >= 0.3 is 12.0 Å². The third-order valence-electron chi connectivity index (χ3n) is 15.5. The average molecular weight is 991 g/mol. The second-order valence-electron chi connectivity index (χ2n) is 21.2. The number of methoxy groups -OCH3 is 1. The quantitative estimate of drug-likeness (QED) is 0.106. The molecule has 19 heteroatoms. The van der Waals surface area contributed by atoms with Crippen LogP contribution in [0.4, 0.5) is 10.5 Å². The molecule has 4 heterocycles. The number of nitrogens with one attached hydrogen (secondary N) is 2. The molecule has 398 valence electrons. The van der Waals surface area contributed by atoms with Crippen LogP contribution in [0.25, 0.3) is 0 Å². The molecule has 0 radical (unpaired) electrons. The number of para-hydroxylation sites is 1. The Labute approximate surface area is 415 Å². The second kappa shape index (κ2) is 24.2. The maximum absolute atomic E-state index is 14.6. The number of imidazole rings is 1. The van der Waals surface area contributed by atoms with E-state index in [2.05, 4.69) is 15.6 Å². The standard InChI is InChI=1S/C51H86N6O13/c1-14-39-50(10,63)43(59)35(6)54-28-31(2)26-48(8,62)44(70-46-41(58)38(25-32(3)66-46)56(12)47(61)55(11)37-19-16-15-17-20-37)33(4)42(34(5)45(60)68-39)69-40-27-49(9,65-13)51(64,36(7)67-40)29-52-21-18-23-57-24-22-53-30-57/h15-17,19-20,22,24,30-36,38-44,46,52,54,58-59,62-64H,14,18,21,23,25-29H2,1-13H3/t31-,32-,33+,34-,35-,36+,38+,39-,40+,41-,42+,43-,44-,46+,48-,49-,50-,51+/m1/s1. The van der Waals surface area contributed by atoms with Crippen molar-refractivity contribution in [3.63, 3.8) is 0 Å². The summed E-state index contributed by atoms with van der Waals surface area (Å²) in [7, 11) is 4.80. The average Bonchev–Trinajstić information content (AvgIpc) is 3.85. The summed E-state index contributed by atoms with van der Waals surface area (Å²) in [5.41, 5.74) is -5.66. The van der Waals surface area contributed by atoms with E-state index in [1.807, 2.05) is 54.9 Å². The van der Waals surface area contributed by atoms with E-state index in [0.717, 1.165) is 13.0 Å². The zero-order valence-electron chi connectivity index (χ0n) is 43.9. The fourth-order valence-electron chi connectivity index (χ4n) is 10.8. The van der Waals surface area contributed by atoms with Crippen molar-refractivity contribution in [3.05, 3.63) is 49.1 Å². The molecule has 0 aliphatic carbocycles. The number of aliphatic hydroxyl groups excluding tert-OH is 2. The molecular formula is C51H86N6O13. The molecule has 3 saturated heterocycles. The van der Waals surface area contributed by atoms with Crippen molar-refractivity contribution in [1.29, 1.82) is 0 Å².